The third-order valence-corrected chi connectivity index (χ3v) is 6.82. The van der Waals surface area contributed by atoms with Crippen LogP contribution in [0.25, 0.3) is 0 Å². The first kappa shape index (κ1) is 23.2. The van der Waals surface area contributed by atoms with Gasteiger partial charge in [0, 0.05) is 24.4 Å². The number of amides is 4. The molecule has 12 heteroatoms. The van der Waals surface area contributed by atoms with Gasteiger partial charge in [-0.15, -0.1) is 5.06 Å². The molecule has 2 bridgehead atoms. The molecule has 178 valence electrons. The van der Waals surface area contributed by atoms with Crippen molar-refractivity contribution >= 4 is 35.4 Å². The summed E-state index contributed by atoms with van der Waals surface area (Å²) < 4.78 is 18.8. The Kier molecular flexibility index (Phi) is 6.19. The van der Waals surface area contributed by atoms with Gasteiger partial charge in [0.15, 0.2) is 6.61 Å². The number of benzene rings is 1. The molecular weight excluding hydrogens is 461 g/mol. The lowest BCUT2D eigenvalue weighted by molar-refractivity contribution is -0.172. The topological polar surface area (TPSA) is 134 Å². The summed E-state index contributed by atoms with van der Waals surface area (Å²) in [5.41, 5.74) is -1.65. The highest BCUT2D eigenvalue weighted by molar-refractivity contribution is 6.30. The maximum atomic E-state index is 13.5. The van der Waals surface area contributed by atoms with Gasteiger partial charge >= 0.3 is 6.09 Å². The number of rotatable bonds is 6. The van der Waals surface area contributed by atoms with Crippen molar-refractivity contribution in [2.75, 3.05) is 6.61 Å². The van der Waals surface area contributed by atoms with E-state index in [0.717, 1.165) is 6.07 Å². The van der Waals surface area contributed by atoms with E-state index in [1.165, 1.54) is 12.1 Å². The number of imide groups is 1. The molecular formula is C21H23ClFN3O7. The Morgan fingerprint density at radius 1 is 1.15 bits per heavy atom. The minimum absolute atomic E-state index is 0.00510. The fourth-order valence-electron chi connectivity index (χ4n) is 4.67. The molecule has 5 rings (SSSR count). The van der Waals surface area contributed by atoms with E-state index in [4.69, 9.17) is 21.2 Å². The second-order valence-electron chi connectivity index (χ2n) is 8.65. The summed E-state index contributed by atoms with van der Waals surface area (Å²) in [6.07, 6.45) is -0.0683. The lowest BCUT2D eigenvalue weighted by Gasteiger charge is -2.56. The molecule has 3 aliphatic carbocycles. The van der Waals surface area contributed by atoms with E-state index in [0.29, 0.717) is 30.7 Å². The number of ether oxygens (including phenoxy) is 1. The average molecular weight is 484 g/mol. The van der Waals surface area contributed by atoms with E-state index >= 15 is 0 Å². The van der Waals surface area contributed by atoms with E-state index in [2.05, 4.69) is 10.6 Å². The Hall–Kier alpha value is -2.92. The number of halogens is 2. The third kappa shape index (κ3) is 4.74. The van der Waals surface area contributed by atoms with Crippen molar-refractivity contribution in [1.29, 1.82) is 0 Å². The zero-order valence-corrected chi connectivity index (χ0v) is 18.3. The quantitative estimate of drug-likeness (QED) is 0.523. The van der Waals surface area contributed by atoms with Crippen molar-refractivity contribution in [2.45, 2.75) is 62.1 Å². The number of carbonyl (C=O) groups is 4. The zero-order chi connectivity index (χ0) is 23.8. The van der Waals surface area contributed by atoms with E-state index in [1.807, 2.05) is 0 Å². The van der Waals surface area contributed by atoms with Crippen molar-refractivity contribution in [1.82, 2.24) is 15.7 Å². The Morgan fingerprint density at radius 2 is 1.82 bits per heavy atom. The summed E-state index contributed by atoms with van der Waals surface area (Å²) in [5.74, 6) is -2.15. The van der Waals surface area contributed by atoms with Crippen LogP contribution < -0.4 is 15.4 Å². The number of carbonyl (C=O) groups excluding carboxylic acids is 4. The van der Waals surface area contributed by atoms with E-state index in [1.54, 1.807) is 0 Å². The Labute approximate surface area is 193 Å². The molecule has 33 heavy (non-hydrogen) atoms. The van der Waals surface area contributed by atoms with Crippen LogP contribution in [0.2, 0.25) is 5.02 Å². The second-order valence-corrected chi connectivity index (χ2v) is 9.06. The van der Waals surface area contributed by atoms with Crippen molar-refractivity contribution < 1.29 is 38.2 Å². The average Bonchev–Trinajstić information content (AvgIpc) is 3.08. The maximum Gasteiger partial charge on any atom is 0.432 e. The summed E-state index contributed by atoms with van der Waals surface area (Å²) in [6.45, 7) is -0.372. The summed E-state index contributed by atoms with van der Waals surface area (Å²) in [7, 11) is 0. The molecule has 4 fully saturated rings. The van der Waals surface area contributed by atoms with Gasteiger partial charge in [-0.25, -0.2) is 9.18 Å². The number of fused-ring (bicyclic) bond motifs is 3. The molecule has 10 nitrogen and oxygen atoms in total. The van der Waals surface area contributed by atoms with Gasteiger partial charge in [-0.3, -0.25) is 14.4 Å². The first-order chi connectivity index (χ1) is 15.6. The third-order valence-electron chi connectivity index (χ3n) is 6.52. The van der Waals surface area contributed by atoms with Crippen LogP contribution in [-0.4, -0.2) is 57.8 Å². The van der Waals surface area contributed by atoms with E-state index in [9.17, 15) is 28.7 Å². The van der Waals surface area contributed by atoms with Crippen LogP contribution in [0.3, 0.4) is 0 Å². The van der Waals surface area contributed by atoms with Crippen LogP contribution in [0, 0.1) is 5.82 Å². The van der Waals surface area contributed by atoms with Gasteiger partial charge in [0.25, 0.3) is 17.7 Å². The number of hydrogen-bond acceptors (Lipinski definition) is 7. The number of hydroxylamine groups is 2. The molecule has 1 saturated heterocycles. The first-order valence-electron chi connectivity index (χ1n) is 10.5. The fourth-order valence-corrected chi connectivity index (χ4v) is 4.79. The number of aliphatic hydroxyl groups excluding tert-OH is 1. The highest BCUT2D eigenvalue weighted by Gasteiger charge is 2.55. The minimum Gasteiger partial charge on any atom is -0.484 e. The Balaban J connectivity index is 1.30. The standard InChI is InChI=1S/C21H23ClFN3O7/c22-13-2-1-12(9-14(13)23)32-11-16(28)24-21-7-5-20(6-8-21,10-15(21)27)25-19(31)33-26-17(29)3-4-18(26)30/h1-2,9,15,27H,3-8,10-11H2,(H,24,28)(H,25,31)/t15-,20?,21?/m1/s1. The summed E-state index contributed by atoms with van der Waals surface area (Å²) in [6, 6.07) is 3.84. The monoisotopic (exact) mass is 483 g/mol. The van der Waals surface area contributed by atoms with Crippen molar-refractivity contribution in [3.63, 3.8) is 0 Å². The van der Waals surface area contributed by atoms with Crippen LogP contribution in [0.15, 0.2) is 18.2 Å². The number of aliphatic hydroxyl groups is 1. The van der Waals surface area contributed by atoms with Crippen LogP contribution in [0.4, 0.5) is 9.18 Å². The largest absolute Gasteiger partial charge is 0.484 e. The summed E-state index contributed by atoms with van der Waals surface area (Å²) in [4.78, 5) is 52.9. The fraction of sp³-hybridized carbons (Fsp3) is 0.524. The number of hydrogen-bond donors (Lipinski definition) is 3. The van der Waals surface area contributed by atoms with Gasteiger partial charge in [0.1, 0.15) is 11.6 Å². The second kappa shape index (κ2) is 8.79. The molecule has 1 aromatic carbocycles. The summed E-state index contributed by atoms with van der Waals surface area (Å²) >= 11 is 5.62. The zero-order valence-electron chi connectivity index (χ0n) is 17.6. The van der Waals surface area contributed by atoms with Crippen molar-refractivity contribution in [3.8, 4) is 5.75 Å². The molecule has 4 aliphatic rings. The van der Waals surface area contributed by atoms with Gasteiger partial charge in [0.05, 0.1) is 16.7 Å². The molecule has 0 unspecified atom stereocenters. The molecule has 0 spiro atoms. The van der Waals surface area contributed by atoms with Gasteiger partial charge in [-0.2, -0.15) is 0 Å². The lowest BCUT2D eigenvalue weighted by Crippen LogP contribution is -2.70. The van der Waals surface area contributed by atoms with E-state index in [-0.39, 0.29) is 36.6 Å². The lowest BCUT2D eigenvalue weighted by atomic mass is 9.60. The van der Waals surface area contributed by atoms with Gasteiger partial charge in [-0.1, -0.05) is 11.6 Å². The van der Waals surface area contributed by atoms with Gasteiger partial charge in [-0.05, 0) is 44.2 Å². The molecule has 1 atom stereocenters. The van der Waals surface area contributed by atoms with Crippen molar-refractivity contribution in [3.05, 3.63) is 29.0 Å². The smallest absolute Gasteiger partial charge is 0.432 e. The number of nitrogens with zero attached hydrogens (tertiary/aromatic N) is 1. The van der Waals surface area contributed by atoms with Crippen LogP contribution >= 0.6 is 11.6 Å². The SMILES string of the molecule is O=C(COc1ccc(Cl)c(F)c1)NC12CCC(NC(=O)ON3C(=O)CCC3=O)(CC1)C[C@H]2O. The summed E-state index contributed by atoms with van der Waals surface area (Å²) in [5, 5.41) is 16.7. The molecule has 0 radical (unpaired) electrons. The molecule has 3 saturated carbocycles. The van der Waals surface area contributed by atoms with Gasteiger partial charge in [0.2, 0.25) is 0 Å². The molecule has 1 aromatic rings. The Morgan fingerprint density at radius 3 is 2.42 bits per heavy atom. The normalized spacial score (nSPS) is 28.6. The first-order valence-corrected chi connectivity index (χ1v) is 10.9. The molecule has 1 heterocycles. The molecule has 0 aromatic heterocycles. The van der Waals surface area contributed by atoms with Crippen LogP contribution in [0.5, 0.6) is 5.75 Å². The molecule has 3 N–H and O–H groups in total. The maximum absolute atomic E-state index is 13.5. The Bertz CT molecular complexity index is 980. The highest BCUT2D eigenvalue weighted by atomic mass is 35.5. The number of nitrogens with one attached hydrogen (secondary N) is 2. The van der Waals surface area contributed by atoms with E-state index < -0.39 is 46.8 Å². The predicted molar refractivity (Wildman–Crippen MR) is 110 cm³/mol. The van der Waals surface area contributed by atoms with Gasteiger partial charge < -0.3 is 25.3 Å². The van der Waals surface area contributed by atoms with Crippen LogP contribution in [-0.2, 0) is 19.2 Å². The highest BCUT2D eigenvalue weighted by Crippen LogP contribution is 2.47. The predicted octanol–water partition coefficient (Wildman–Crippen LogP) is 1.58. The molecule has 1 aliphatic heterocycles. The van der Waals surface area contributed by atoms with Crippen molar-refractivity contribution in [2.24, 2.45) is 0 Å². The van der Waals surface area contributed by atoms with Crippen LogP contribution in [0.1, 0.15) is 44.9 Å². The minimum atomic E-state index is -0.952. The molecule has 4 amide bonds.